The van der Waals surface area contributed by atoms with Crippen molar-refractivity contribution in [1.82, 2.24) is 9.80 Å². The molecule has 2 aliphatic heterocycles. The van der Waals surface area contributed by atoms with Crippen molar-refractivity contribution in [3.05, 3.63) is 0 Å². The molecule has 1 amide bonds. The zero-order chi connectivity index (χ0) is 9.42. The molecular formula is C9H17N3O. The second kappa shape index (κ2) is 3.27. The lowest BCUT2D eigenvalue weighted by Gasteiger charge is -2.43. The molecule has 0 bridgehead atoms. The van der Waals surface area contributed by atoms with Crippen LogP contribution in [-0.4, -0.2) is 54.0 Å². The van der Waals surface area contributed by atoms with Crippen molar-refractivity contribution in [1.29, 1.82) is 0 Å². The van der Waals surface area contributed by atoms with Crippen LogP contribution >= 0.6 is 0 Å². The highest BCUT2D eigenvalue weighted by Crippen LogP contribution is 2.20. The Bertz CT molecular complexity index is 213. The molecule has 2 rings (SSSR count). The Labute approximate surface area is 78.7 Å². The molecule has 0 spiro atoms. The summed E-state index contributed by atoms with van der Waals surface area (Å²) in [6, 6.07) is 0.219. The van der Waals surface area contributed by atoms with E-state index in [0.717, 1.165) is 32.6 Å². The quantitative estimate of drug-likeness (QED) is 0.613. The SMILES string of the molecule is CCN1CC(N2CCC(N)C2=O)C1. The van der Waals surface area contributed by atoms with E-state index < -0.39 is 0 Å². The third-order valence-electron chi connectivity index (χ3n) is 3.11. The first kappa shape index (κ1) is 8.97. The van der Waals surface area contributed by atoms with Gasteiger partial charge in [-0.3, -0.25) is 9.69 Å². The van der Waals surface area contributed by atoms with Crippen LogP contribution in [0.5, 0.6) is 0 Å². The average molecular weight is 183 g/mol. The van der Waals surface area contributed by atoms with Crippen LogP contribution in [0.3, 0.4) is 0 Å². The Kier molecular flexibility index (Phi) is 2.26. The highest BCUT2D eigenvalue weighted by Gasteiger charge is 2.38. The van der Waals surface area contributed by atoms with E-state index in [9.17, 15) is 4.79 Å². The summed E-state index contributed by atoms with van der Waals surface area (Å²) in [5.41, 5.74) is 5.65. The first-order chi connectivity index (χ1) is 6.22. The minimum Gasteiger partial charge on any atom is -0.336 e. The van der Waals surface area contributed by atoms with Gasteiger partial charge in [0.25, 0.3) is 0 Å². The fourth-order valence-electron chi connectivity index (χ4n) is 2.09. The molecule has 0 aliphatic carbocycles. The third kappa shape index (κ3) is 1.44. The van der Waals surface area contributed by atoms with Crippen LogP contribution in [-0.2, 0) is 4.79 Å². The van der Waals surface area contributed by atoms with Crippen molar-refractivity contribution >= 4 is 5.91 Å². The first-order valence-electron chi connectivity index (χ1n) is 5.00. The Morgan fingerprint density at radius 2 is 2.23 bits per heavy atom. The molecule has 2 fully saturated rings. The molecule has 0 aromatic rings. The normalized spacial score (nSPS) is 31.1. The van der Waals surface area contributed by atoms with Gasteiger partial charge in [0, 0.05) is 19.6 Å². The standard InChI is InChI=1S/C9H17N3O/c1-2-11-5-7(6-11)12-4-3-8(10)9(12)13/h7-8H,2-6,10H2,1H3. The van der Waals surface area contributed by atoms with Gasteiger partial charge in [0.15, 0.2) is 0 Å². The topological polar surface area (TPSA) is 49.6 Å². The molecule has 4 nitrogen and oxygen atoms in total. The van der Waals surface area contributed by atoms with Crippen LogP contribution in [0.25, 0.3) is 0 Å². The lowest BCUT2D eigenvalue weighted by molar-refractivity contribution is -0.133. The zero-order valence-corrected chi connectivity index (χ0v) is 8.07. The van der Waals surface area contributed by atoms with Crippen LogP contribution in [0.15, 0.2) is 0 Å². The predicted molar refractivity (Wildman–Crippen MR) is 50.2 cm³/mol. The summed E-state index contributed by atoms with van der Waals surface area (Å²) in [4.78, 5) is 15.8. The Balaban J connectivity index is 1.87. The number of hydrogen-bond donors (Lipinski definition) is 1. The van der Waals surface area contributed by atoms with E-state index >= 15 is 0 Å². The molecule has 0 saturated carbocycles. The van der Waals surface area contributed by atoms with Crippen LogP contribution in [0.2, 0.25) is 0 Å². The molecule has 4 heteroatoms. The van der Waals surface area contributed by atoms with Crippen molar-refractivity contribution in [3.63, 3.8) is 0 Å². The van der Waals surface area contributed by atoms with Gasteiger partial charge >= 0.3 is 0 Å². The molecule has 2 N–H and O–H groups in total. The molecule has 1 unspecified atom stereocenters. The summed E-state index contributed by atoms with van der Waals surface area (Å²) in [6.07, 6.45) is 0.835. The van der Waals surface area contributed by atoms with Crippen LogP contribution in [0.4, 0.5) is 0 Å². The summed E-state index contributed by atoms with van der Waals surface area (Å²) in [7, 11) is 0. The number of likely N-dealkylation sites (N-methyl/N-ethyl adjacent to an activating group) is 1. The summed E-state index contributed by atoms with van der Waals surface area (Å²) < 4.78 is 0. The second-order valence-electron chi connectivity index (χ2n) is 3.93. The second-order valence-corrected chi connectivity index (χ2v) is 3.93. The number of rotatable bonds is 2. The molecule has 0 radical (unpaired) electrons. The van der Waals surface area contributed by atoms with E-state index in [-0.39, 0.29) is 11.9 Å². The smallest absolute Gasteiger partial charge is 0.239 e. The summed E-state index contributed by atoms with van der Waals surface area (Å²) in [5, 5.41) is 0. The van der Waals surface area contributed by atoms with Crippen molar-refractivity contribution in [2.45, 2.75) is 25.4 Å². The number of carbonyl (C=O) groups excluding carboxylic acids is 1. The fraction of sp³-hybridized carbons (Fsp3) is 0.889. The summed E-state index contributed by atoms with van der Waals surface area (Å²) in [6.45, 7) is 6.17. The van der Waals surface area contributed by atoms with Gasteiger partial charge in [-0.05, 0) is 13.0 Å². The minimum absolute atomic E-state index is 0.153. The van der Waals surface area contributed by atoms with Crippen molar-refractivity contribution in [3.8, 4) is 0 Å². The maximum Gasteiger partial charge on any atom is 0.239 e. The third-order valence-corrected chi connectivity index (χ3v) is 3.11. The van der Waals surface area contributed by atoms with E-state index in [0.29, 0.717) is 6.04 Å². The average Bonchev–Trinajstić information content (AvgIpc) is 2.34. The van der Waals surface area contributed by atoms with E-state index in [1.165, 1.54) is 0 Å². The number of amides is 1. The maximum atomic E-state index is 11.5. The Morgan fingerprint density at radius 3 is 2.69 bits per heavy atom. The van der Waals surface area contributed by atoms with Crippen LogP contribution < -0.4 is 5.73 Å². The predicted octanol–water partition coefficient (Wildman–Crippen LogP) is -0.750. The molecule has 0 aromatic carbocycles. The van der Waals surface area contributed by atoms with Gasteiger partial charge < -0.3 is 10.6 Å². The van der Waals surface area contributed by atoms with E-state index in [4.69, 9.17) is 5.73 Å². The highest BCUT2D eigenvalue weighted by molar-refractivity contribution is 5.84. The van der Waals surface area contributed by atoms with E-state index in [1.54, 1.807) is 0 Å². The molecule has 13 heavy (non-hydrogen) atoms. The monoisotopic (exact) mass is 183 g/mol. The van der Waals surface area contributed by atoms with Gasteiger partial charge in [0.2, 0.25) is 5.91 Å². The number of carbonyl (C=O) groups is 1. The van der Waals surface area contributed by atoms with Crippen LogP contribution in [0.1, 0.15) is 13.3 Å². The Hall–Kier alpha value is -0.610. The summed E-state index contributed by atoms with van der Waals surface area (Å²) in [5.74, 6) is 0.153. The van der Waals surface area contributed by atoms with Gasteiger partial charge in [-0.25, -0.2) is 0 Å². The van der Waals surface area contributed by atoms with E-state index in [2.05, 4.69) is 11.8 Å². The van der Waals surface area contributed by atoms with Crippen molar-refractivity contribution in [2.24, 2.45) is 5.73 Å². The largest absolute Gasteiger partial charge is 0.336 e. The van der Waals surface area contributed by atoms with E-state index in [1.807, 2.05) is 4.90 Å². The van der Waals surface area contributed by atoms with Crippen LogP contribution in [0, 0.1) is 0 Å². The Morgan fingerprint density at radius 1 is 1.54 bits per heavy atom. The van der Waals surface area contributed by atoms with Gasteiger partial charge in [0.1, 0.15) is 0 Å². The van der Waals surface area contributed by atoms with Crippen molar-refractivity contribution < 1.29 is 4.79 Å². The molecule has 1 atom stereocenters. The number of nitrogens with two attached hydrogens (primary N) is 1. The fourth-order valence-corrected chi connectivity index (χ4v) is 2.09. The summed E-state index contributed by atoms with van der Waals surface area (Å²) >= 11 is 0. The lowest BCUT2D eigenvalue weighted by atomic mass is 10.1. The maximum absolute atomic E-state index is 11.5. The lowest BCUT2D eigenvalue weighted by Crippen LogP contribution is -2.60. The molecule has 2 saturated heterocycles. The zero-order valence-electron chi connectivity index (χ0n) is 8.07. The van der Waals surface area contributed by atoms with Crippen molar-refractivity contribution in [2.75, 3.05) is 26.2 Å². The highest BCUT2D eigenvalue weighted by atomic mass is 16.2. The number of hydrogen-bond acceptors (Lipinski definition) is 3. The van der Waals surface area contributed by atoms with Gasteiger partial charge in [0.05, 0.1) is 12.1 Å². The first-order valence-corrected chi connectivity index (χ1v) is 5.00. The molecule has 2 heterocycles. The van der Waals surface area contributed by atoms with Gasteiger partial charge in [-0.15, -0.1) is 0 Å². The molecule has 74 valence electrons. The minimum atomic E-state index is -0.226. The molecule has 2 aliphatic rings. The molecular weight excluding hydrogens is 166 g/mol. The van der Waals surface area contributed by atoms with Gasteiger partial charge in [-0.1, -0.05) is 6.92 Å². The molecule has 0 aromatic heterocycles. The number of nitrogens with zero attached hydrogens (tertiary/aromatic N) is 2. The number of likely N-dealkylation sites (tertiary alicyclic amines) is 2. The van der Waals surface area contributed by atoms with Gasteiger partial charge in [-0.2, -0.15) is 0 Å².